The summed E-state index contributed by atoms with van der Waals surface area (Å²) in [6, 6.07) is 4.16. The highest BCUT2D eigenvalue weighted by molar-refractivity contribution is 6.00. The fourth-order valence-corrected chi connectivity index (χ4v) is 1.79. The van der Waals surface area contributed by atoms with Gasteiger partial charge in [0.25, 0.3) is 11.6 Å². The minimum absolute atomic E-state index is 0.105. The number of nitrogens with one attached hydrogen (secondary N) is 1. The van der Waals surface area contributed by atoms with Crippen LogP contribution >= 0.6 is 0 Å². The van der Waals surface area contributed by atoms with Gasteiger partial charge < -0.3 is 15.6 Å². The number of carbonyl (C=O) groups is 1. The van der Waals surface area contributed by atoms with E-state index in [9.17, 15) is 14.9 Å². The SMILES string of the molecule is CN(Cc1ncc[nH]1)C(=O)c1cccc([N+](=O)[O-])c1N. The maximum Gasteiger partial charge on any atom is 0.292 e. The average Bonchev–Trinajstić information content (AvgIpc) is 2.90. The first-order chi connectivity index (χ1) is 9.50. The van der Waals surface area contributed by atoms with Crippen molar-refractivity contribution in [3.05, 3.63) is 52.1 Å². The van der Waals surface area contributed by atoms with Crippen LogP contribution in [0.3, 0.4) is 0 Å². The molecule has 0 saturated carbocycles. The van der Waals surface area contributed by atoms with Crippen LogP contribution in [0.4, 0.5) is 11.4 Å². The maximum atomic E-state index is 12.2. The van der Waals surface area contributed by atoms with Crippen LogP contribution in [-0.4, -0.2) is 32.7 Å². The third-order valence-corrected chi connectivity index (χ3v) is 2.80. The molecular formula is C12H13N5O3. The van der Waals surface area contributed by atoms with E-state index < -0.39 is 10.8 Å². The number of aromatic nitrogens is 2. The predicted molar refractivity (Wildman–Crippen MR) is 71.9 cm³/mol. The Morgan fingerprint density at radius 2 is 2.30 bits per heavy atom. The molecule has 1 heterocycles. The molecule has 1 aromatic heterocycles. The van der Waals surface area contributed by atoms with Crippen molar-refractivity contribution in [1.82, 2.24) is 14.9 Å². The van der Waals surface area contributed by atoms with E-state index in [0.717, 1.165) is 0 Å². The highest BCUT2D eigenvalue weighted by atomic mass is 16.6. The molecule has 0 spiro atoms. The second-order valence-electron chi connectivity index (χ2n) is 4.19. The van der Waals surface area contributed by atoms with Gasteiger partial charge in [-0.1, -0.05) is 6.07 Å². The van der Waals surface area contributed by atoms with E-state index in [1.807, 2.05) is 0 Å². The number of nitro benzene ring substituents is 1. The fourth-order valence-electron chi connectivity index (χ4n) is 1.79. The molecule has 1 aromatic carbocycles. The highest BCUT2D eigenvalue weighted by Gasteiger charge is 2.21. The van der Waals surface area contributed by atoms with Gasteiger partial charge in [-0.2, -0.15) is 0 Å². The minimum atomic E-state index is -0.612. The summed E-state index contributed by atoms with van der Waals surface area (Å²) in [7, 11) is 1.57. The molecule has 104 valence electrons. The van der Waals surface area contributed by atoms with E-state index in [-0.39, 0.29) is 23.5 Å². The van der Waals surface area contributed by atoms with Gasteiger partial charge in [-0.05, 0) is 6.07 Å². The number of rotatable bonds is 4. The normalized spacial score (nSPS) is 10.2. The van der Waals surface area contributed by atoms with Crippen molar-refractivity contribution >= 4 is 17.3 Å². The first kappa shape index (κ1) is 13.5. The third-order valence-electron chi connectivity index (χ3n) is 2.80. The van der Waals surface area contributed by atoms with E-state index >= 15 is 0 Å². The largest absolute Gasteiger partial charge is 0.393 e. The quantitative estimate of drug-likeness (QED) is 0.493. The van der Waals surface area contributed by atoms with Crippen LogP contribution in [0, 0.1) is 10.1 Å². The number of imidazole rings is 1. The van der Waals surface area contributed by atoms with Crippen LogP contribution in [0.15, 0.2) is 30.6 Å². The Balaban J connectivity index is 2.25. The van der Waals surface area contributed by atoms with Crippen molar-refractivity contribution in [3.63, 3.8) is 0 Å². The second kappa shape index (κ2) is 5.39. The lowest BCUT2D eigenvalue weighted by Gasteiger charge is -2.16. The van der Waals surface area contributed by atoms with Crippen LogP contribution in [0.2, 0.25) is 0 Å². The van der Waals surface area contributed by atoms with Gasteiger partial charge in [-0.25, -0.2) is 4.98 Å². The zero-order chi connectivity index (χ0) is 14.7. The molecule has 2 rings (SSSR count). The summed E-state index contributed by atoms with van der Waals surface area (Å²) in [4.78, 5) is 30.7. The van der Waals surface area contributed by atoms with Crippen LogP contribution in [0.1, 0.15) is 16.2 Å². The van der Waals surface area contributed by atoms with Gasteiger partial charge in [0.2, 0.25) is 0 Å². The molecule has 1 amide bonds. The molecule has 0 atom stereocenters. The van der Waals surface area contributed by atoms with Gasteiger partial charge in [0.15, 0.2) is 0 Å². The Morgan fingerprint density at radius 3 is 2.90 bits per heavy atom. The number of nitrogens with zero attached hydrogens (tertiary/aromatic N) is 3. The van der Waals surface area contributed by atoms with Crippen LogP contribution < -0.4 is 5.73 Å². The average molecular weight is 275 g/mol. The zero-order valence-electron chi connectivity index (χ0n) is 10.7. The van der Waals surface area contributed by atoms with Crippen molar-refractivity contribution in [2.45, 2.75) is 6.54 Å². The number of H-pyrrole nitrogens is 1. The van der Waals surface area contributed by atoms with Gasteiger partial charge in [-0.15, -0.1) is 0 Å². The number of amides is 1. The molecule has 0 fully saturated rings. The Bertz CT molecular complexity index is 639. The third kappa shape index (κ3) is 2.58. The molecule has 20 heavy (non-hydrogen) atoms. The Hall–Kier alpha value is -2.90. The molecule has 0 aliphatic heterocycles. The first-order valence-corrected chi connectivity index (χ1v) is 5.77. The number of nitrogens with two attached hydrogens (primary N) is 1. The molecule has 0 radical (unpaired) electrons. The zero-order valence-corrected chi connectivity index (χ0v) is 10.7. The molecule has 0 aliphatic rings. The summed E-state index contributed by atoms with van der Waals surface area (Å²) in [5.74, 6) is 0.215. The molecule has 3 N–H and O–H groups in total. The highest BCUT2D eigenvalue weighted by Crippen LogP contribution is 2.25. The van der Waals surface area contributed by atoms with Crippen molar-refractivity contribution in [2.75, 3.05) is 12.8 Å². The number of carbonyl (C=O) groups excluding carboxylic acids is 1. The van der Waals surface area contributed by atoms with Crippen molar-refractivity contribution < 1.29 is 9.72 Å². The summed E-state index contributed by atoms with van der Waals surface area (Å²) < 4.78 is 0. The molecular weight excluding hydrogens is 262 g/mol. The smallest absolute Gasteiger partial charge is 0.292 e. The predicted octanol–water partition coefficient (Wildman–Crippen LogP) is 1.17. The van der Waals surface area contributed by atoms with Crippen molar-refractivity contribution in [1.29, 1.82) is 0 Å². The van der Waals surface area contributed by atoms with Crippen LogP contribution in [0.5, 0.6) is 0 Å². The van der Waals surface area contributed by atoms with E-state index in [1.54, 1.807) is 19.4 Å². The molecule has 8 nitrogen and oxygen atoms in total. The molecule has 0 saturated heterocycles. The Kier molecular flexibility index (Phi) is 3.65. The first-order valence-electron chi connectivity index (χ1n) is 5.77. The van der Waals surface area contributed by atoms with E-state index in [0.29, 0.717) is 5.82 Å². The number of anilines is 1. The number of hydrogen-bond donors (Lipinski definition) is 2. The number of nitrogen functional groups attached to an aromatic ring is 1. The Labute approximate surface area is 114 Å². The van der Waals surface area contributed by atoms with Crippen molar-refractivity contribution in [2.24, 2.45) is 0 Å². The summed E-state index contributed by atoms with van der Waals surface area (Å²) in [5, 5.41) is 10.8. The molecule has 8 heteroatoms. The lowest BCUT2D eigenvalue weighted by Crippen LogP contribution is -2.27. The maximum absolute atomic E-state index is 12.2. The van der Waals surface area contributed by atoms with E-state index in [1.165, 1.54) is 23.1 Å². The number of aromatic amines is 1. The monoisotopic (exact) mass is 275 g/mol. The number of hydrogen-bond acceptors (Lipinski definition) is 5. The standard InChI is InChI=1S/C12H13N5O3/c1-16(7-10-14-5-6-15-10)12(18)8-3-2-4-9(11(8)13)17(19)20/h2-6H,7,13H2,1H3,(H,14,15). The molecule has 0 aliphatic carbocycles. The summed E-state index contributed by atoms with van der Waals surface area (Å²) >= 11 is 0. The number of nitro groups is 1. The summed E-state index contributed by atoms with van der Waals surface area (Å²) in [6.45, 7) is 0.258. The van der Waals surface area contributed by atoms with Crippen LogP contribution in [0.25, 0.3) is 0 Å². The fraction of sp³-hybridized carbons (Fsp3) is 0.167. The van der Waals surface area contributed by atoms with Crippen molar-refractivity contribution in [3.8, 4) is 0 Å². The minimum Gasteiger partial charge on any atom is -0.393 e. The topological polar surface area (TPSA) is 118 Å². The number of para-hydroxylation sites is 1. The number of benzene rings is 1. The van der Waals surface area contributed by atoms with Crippen LogP contribution in [-0.2, 0) is 6.54 Å². The second-order valence-corrected chi connectivity index (χ2v) is 4.19. The van der Waals surface area contributed by atoms with Gasteiger partial charge in [0.1, 0.15) is 11.5 Å². The van der Waals surface area contributed by atoms with E-state index in [4.69, 9.17) is 5.73 Å². The molecule has 0 unspecified atom stereocenters. The lowest BCUT2D eigenvalue weighted by atomic mass is 10.1. The summed E-state index contributed by atoms with van der Waals surface area (Å²) in [5.41, 5.74) is 5.38. The van der Waals surface area contributed by atoms with Gasteiger partial charge in [0.05, 0.1) is 17.0 Å². The summed E-state index contributed by atoms with van der Waals surface area (Å²) in [6.07, 6.45) is 3.23. The van der Waals surface area contributed by atoms with Gasteiger partial charge >= 0.3 is 0 Å². The Morgan fingerprint density at radius 1 is 1.55 bits per heavy atom. The molecule has 2 aromatic rings. The lowest BCUT2D eigenvalue weighted by molar-refractivity contribution is -0.383. The van der Waals surface area contributed by atoms with Gasteiger partial charge in [0, 0.05) is 25.5 Å². The van der Waals surface area contributed by atoms with Gasteiger partial charge in [-0.3, -0.25) is 14.9 Å². The molecule has 0 bridgehead atoms. The van der Waals surface area contributed by atoms with E-state index in [2.05, 4.69) is 9.97 Å².